The lowest BCUT2D eigenvalue weighted by atomic mass is 10.1. The molecule has 2 aromatic heterocycles. The van der Waals surface area contributed by atoms with Crippen LogP contribution >= 0.6 is 0 Å². The minimum absolute atomic E-state index is 0.150. The summed E-state index contributed by atoms with van der Waals surface area (Å²) in [4.78, 5) is 17.0. The third-order valence-electron chi connectivity index (χ3n) is 4.48. The molecule has 28 heavy (non-hydrogen) atoms. The Bertz CT molecular complexity index is 922. The number of aromatic nitrogens is 4. The van der Waals surface area contributed by atoms with Crippen LogP contribution in [0.2, 0.25) is 0 Å². The van der Waals surface area contributed by atoms with Gasteiger partial charge in [0.15, 0.2) is 0 Å². The first kappa shape index (κ1) is 18.4. The van der Waals surface area contributed by atoms with Crippen molar-refractivity contribution < 1.29 is 17.7 Å². The SMILES string of the molecule is FC(F)(F)c1cccc(-c2noc(CN3CCN(c4ncccn4)CC3)n2)c1. The molecule has 146 valence electrons. The lowest BCUT2D eigenvalue weighted by Crippen LogP contribution is -2.46. The summed E-state index contributed by atoms with van der Waals surface area (Å²) in [5.41, 5.74) is -0.466. The van der Waals surface area contributed by atoms with Crippen molar-refractivity contribution >= 4 is 5.95 Å². The van der Waals surface area contributed by atoms with Crippen LogP contribution in [0.3, 0.4) is 0 Å². The zero-order valence-electron chi connectivity index (χ0n) is 14.8. The summed E-state index contributed by atoms with van der Waals surface area (Å²) in [6, 6.07) is 6.67. The number of nitrogens with zero attached hydrogens (tertiary/aromatic N) is 6. The second-order valence-corrected chi connectivity index (χ2v) is 6.40. The second kappa shape index (κ2) is 7.55. The highest BCUT2D eigenvalue weighted by molar-refractivity contribution is 5.55. The number of alkyl halides is 3. The van der Waals surface area contributed by atoms with E-state index in [1.165, 1.54) is 12.1 Å². The van der Waals surface area contributed by atoms with Crippen molar-refractivity contribution in [3.8, 4) is 11.4 Å². The standard InChI is InChI=1S/C18H17F3N6O/c19-18(20,21)14-4-1-3-13(11-14)16-24-15(28-25-16)12-26-7-9-27(10-8-26)17-22-5-2-6-23-17/h1-6,11H,7-10,12H2. The van der Waals surface area contributed by atoms with Gasteiger partial charge in [-0.25, -0.2) is 9.97 Å². The van der Waals surface area contributed by atoms with Crippen LogP contribution in [0.15, 0.2) is 47.2 Å². The number of rotatable bonds is 4. The molecule has 1 aliphatic heterocycles. The van der Waals surface area contributed by atoms with Crippen molar-refractivity contribution in [2.24, 2.45) is 0 Å². The van der Waals surface area contributed by atoms with Gasteiger partial charge in [-0.2, -0.15) is 18.2 Å². The van der Waals surface area contributed by atoms with Crippen LogP contribution in [0, 0.1) is 0 Å². The molecule has 3 heterocycles. The number of hydrogen-bond donors (Lipinski definition) is 0. The average molecular weight is 390 g/mol. The van der Waals surface area contributed by atoms with E-state index >= 15 is 0 Å². The van der Waals surface area contributed by atoms with Gasteiger partial charge in [-0.15, -0.1) is 0 Å². The summed E-state index contributed by atoms with van der Waals surface area (Å²) in [6.45, 7) is 3.49. The molecule has 1 aromatic carbocycles. The molecule has 4 rings (SSSR count). The number of benzene rings is 1. The van der Waals surface area contributed by atoms with Gasteiger partial charge in [0.2, 0.25) is 17.7 Å². The topological polar surface area (TPSA) is 71.2 Å². The van der Waals surface area contributed by atoms with Gasteiger partial charge in [0.1, 0.15) is 0 Å². The molecule has 0 atom stereocenters. The highest BCUT2D eigenvalue weighted by Crippen LogP contribution is 2.31. The lowest BCUT2D eigenvalue weighted by Gasteiger charge is -2.33. The highest BCUT2D eigenvalue weighted by Gasteiger charge is 2.31. The molecule has 1 fully saturated rings. The molecule has 0 unspecified atom stereocenters. The molecular weight excluding hydrogens is 373 g/mol. The van der Waals surface area contributed by atoms with E-state index in [1.54, 1.807) is 18.5 Å². The van der Waals surface area contributed by atoms with Crippen molar-refractivity contribution in [1.82, 2.24) is 25.0 Å². The van der Waals surface area contributed by atoms with Crippen LogP contribution in [-0.2, 0) is 12.7 Å². The first-order valence-corrected chi connectivity index (χ1v) is 8.73. The molecule has 0 N–H and O–H groups in total. The van der Waals surface area contributed by atoms with Gasteiger partial charge in [-0.1, -0.05) is 17.3 Å². The van der Waals surface area contributed by atoms with Crippen LogP contribution in [0.5, 0.6) is 0 Å². The van der Waals surface area contributed by atoms with E-state index in [4.69, 9.17) is 4.52 Å². The van der Waals surface area contributed by atoms with Gasteiger partial charge in [0.05, 0.1) is 12.1 Å². The predicted octanol–water partition coefficient (Wildman–Crippen LogP) is 2.87. The van der Waals surface area contributed by atoms with Crippen LogP contribution < -0.4 is 4.90 Å². The van der Waals surface area contributed by atoms with Crippen LogP contribution in [-0.4, -0.2) is 51.2 Å². The molecule has 0 spiro atoms. The third kappa shape index (κ3) is 4.11. The van der Waals surface area contributed by atoms with Crippen molar-refractivity contribution in [3.63, 3.8) is 0 Å². The maximum Gasteiger partial charge on any atom is 0.416 e. The Kier molecular flexibility index (Phi) is 4.95. The molecule has 0 saturated carbocycles. The minimum Gasteiger partial charge on any atom is -0.338 e. The number of piperazine rings is 1. The maximum absolute atomic E-state index is 12.9. The molecule has 1 saturated heterocycles. The van der Waals surface area contributed by atoms with Gasteiger partial charge in [0.25, 0.3) is 0 Å². The lowest BCUT2D eigenvalue weighted by molar-refractivity contribution is -0.137. The molecule has 0 radical (unpaired) electrons. The van der Waals surface area contributed by atoms with Gasteiger partial charge in [0, 0.05) is 44.1 Å². The predicted molar refractivity (Wildman–Crippen MR) is 94.3 cm³/mol. The summed E-state index contributed by atoms with van der Waals surface area (Å²) in [5.74, 6) is 1.22. The van der Waals surface area contributed by atoms with Crippen molar-refractivity contribution in [2.45, 2.75) is 12.7 Å². The Morgan fingerprint density at radius 3 is 2.46 bits per heavy atom. The van der Waals surface area contributed by atoms with E-state index < -0.39 is 11.7 Å². The first-order valence-electron chi connectivity index (χ1n) is 8.73. The van der Waals surface area contributed by atoms with Crippen molar-refractivity contribution in [2.75, 3.05) is 31.1 Å². The molecule has 0 aliphatic carbocycles. The molecular formula is C18H17F3N6O. The summed E-state index contributed by atoms with van der Waals surface area (Å²) in [6.07, 6.45) is -0.990. The van der Waals surface area contributed by atoms with E-state index in [1.807, 2.05) is 0 Å². The van der Waals surface area contributed by atoms with E-state index in [0.717, 1.165) is 38.3 Å². The van der Waals surface area contributed by atoms with Crippen molar-refractivity contribution in [3.05, 3.63) is 54.2 Å². The molecule has 7 nitrogen and oxygen atoms in total. The fourth-order valence-electron chi connectivity index (χ4n) is 3.02. The second-order valence-electron chi connectivity index (χ2n) is 6.40. The van der Waals surface area contributed by atoms with E-state index in [2.05, 4.69) is 29.9 Å². The zero-order valence-corrected chi connectivity index (χ0v) is 14.8. The first-order chi connectivity index (χ1) is 13.5. The molecule has 10 heteroatoms. The summed E-state index contributed by atoms with van der Waals surface area (Å²) < 4.78 is 43.8. The van der Waals surface area contributed by atoms with Gasteiger partial charge >= 0.3 is 6.18 Å². The molecule has 1 aliphatic rings. The fourth-order valence-corrected chi connectivity index (χ4v) is 3.02. The molecule has 3 aromatic rings. The Labute approximate surface area is 158 Å². The Morgan fingerprint density at radius 2 is 1.75 bits per heavy atom. The van der Waals surface area contributed by atoms with Gasteiger partial charge < -0.3 is 9.42 Å². The van der Waals surface area contributed by atoms with Crippen molar-refractivity contribution in [1.29, 1.82) is 0 Å². The molecule has 0 bridgehead atoms. The number of anilines is 1. The smallest absolute Gasteiger partial charge is 0.338 e. The van der Waals surface area contributed by atoms with Crippen LogP contribution in [0.4, 0.5) is 19.1 Å². The highest BCUT2D eigenvalue weighted by atomic mass is 19.4. The van der Waals surface area contributed by atoms with Gasteiger partial charge in [-0.05, 0) is 18.2 Å². The van der Waals surface area contributed by atoms with Crippen LogP contribution in [0.1, 0.15) is 11.5 Å². The molecule has 0 amide bonds. The van der Waals surface area contributed by atoms with Gasteiger partial charge in [-0.3, -0.25) is 4.90 Å². The van der Waals surface area contributed by atoms with E-state index in [-0.39, 0.29) is 11.4 Å². The summed E-state index contributed by atoms with van der Waals surface area (Å²) >= 11 is 0. The number of hydrogen-bond acceptors (Lipinski definition) is 7. The van der Waals surface area contributed by atoms with Crippen LogP contribution in [0.25, 0.3) is 11.4 Å². The third-order valence-corrected chi connectivity index (χ3v) is 4.48. The van der Waals surface area contributed by atoms with E-state index in [0.29, 0.717) is 18.4 Å². The fraction of sp³-hybridized carbons (Fsp3) is 0.333. The zero-order chi connectivity index (χ0) is 19.6. The minimum atomic E-state index is -4.41. The summed E-state index contributed by atoms with van der Waals surface area (Å²) in [5, 5.41) is 3.83. The average Bonchev–Trinajstić information content (AvgIpc) is 3.17. The summed E-state index contributed by atoms with van der Waals surface area (Å²) in [7, 11) is 0. The largest absolute Gasteiger partial charge is 0.416 e. The number of halogens is 3. The van der Waals surface area contributed by atoms with E-state index in [9.17, 15) is 13.2 Å². The Morgan fingerprint density at radius 1 is 1.00 bits per heavy atom. The Hall–Kier alpha value is -3.01. The normalized spacial score (nSPS) is 15.8. The quantitative estimate of drug-likeness (QED) is 0.678. The monoisotopic (exact) mass is 390 g/mol. The Balaban J connectivity index is 1.38. The maximum atomic E-state index is 12.9.